The molecule has 0 amide bonds. The third kappa shape index (κ3) is 2.46. The molecule has 82 valence electrons. The van der Waals surface area contributed by atoms with E-state index < -0.39 is 5.97 Å². The van der Waals surface area contributed by atoms with Crippen LogP contribution in [0.2, 0.25) is 0 Å². The molecule has 0 saturated carbocycles. The molecule has 0 fully saturated rings. The summed E-state index contributed by atoms with van der Waals surface area (Å²) in [6, 6.07) is 1.68. The largest absolute Gasteiger partial charge is 0.493 e. The van der Waals surface area contributed by atoms with E-state index in [2.05, 4.69) is 4.98 Å². The van der Waals surface area contributed by atoms with Gasteiger partial charge in [0.1, 0.15) is 11.3 Å². The summed E-state index contributed by atoms with van der Waals surface area (Å²) in [6.45, 7) is 4.31. The van der Waals surface area contributed by atoms with Crippen molar-refractivity contribution in [3.8, 4) is 5.75 Å². The minimum atomic E-state index is -0.400. The Kier molecular flexibility index (Phi) is 4.09. The molecule has 0 N–H and O–H groups in total. The molecular formula is C11H15NO3. The highest BCUT2D eigenvalue weighted by atomic mass is 16.5. The molecule has 1 aromatic rings. The smallest absolute Gasteiger partial charge is 0.343 e. The van der Waals surface area contributed by atoms with E-state index in [1.54, 1.807) is 12.3 Å². The number of hydrogen-bond acceptors (Lipinski definition) is 4. The topological polar surface area (TPSA) is 48.4 Å². The standard InChI is InChI=1S/C11H15NO3/c1-4-8-10(11(13)14-3)9(15-5-2)6-7-12-8/h6-7H,4-5H2,1-3H3. The Hall–Kier alpha value is -1.58. The number of rotatable bonds is 4. The van der Waals surface area contributed by atoms with E-state index >= 15 is 0 Å². The van der Waals surface area contributed by atoms with Crippen molar-refractivity contribution in [2.75, 3.05) is 13.7 Å². The van der Waals surface area contributed by atoms with Gasteiger partial charge in [0.25, 0.3) is 0 Å². The predicted octanol–water partition coefficient (Wildman–Crippen LogP) is 1.83. The zero-order chi connectivity index (χ0) is 11.3. The Morgan fingerprint density at radius 1 is 1.47 bits per heavy atom. The number of nitrogens with zero attached hydrogens (tertiary/aromatic N) is 1. The monoisotopic (exact) mass is 209 g/mol. The van der Waals surface area contributed by atoms with Gasteiger partial charge in [0, 0.05) is 6.20 Å². The number of hydrogen-bond donors (Lipinski definition) is 0. The molecule has 1 heterocycles. The van der Waals surface area contributed by atoms with Crippen LogP contribution in [0.4, 0.5) is 0 Å². The van der Waals surface area contributed by atoms with E-state index in [0.29, 0.717) is 30.0 Å². The minimum absolute atomic E-state index is 0.400. The van der Waals surface area contributed by atoms with Crippen LogP contribution in [0.5, 0.6) is 5.75 Å². The molecular weight excluding hydrogens is 194 g/mol. The van der Waals surface area contributed by atoms with Gasteiger partial charge in [0.05, 0.1) is 19.4 Å². The number of pyridine rings is 1. The zero-order valence-electron chi connectivity index (χ0n) is 9.24. The average molecular weight is 209 g/mol. The highest BCUT2D eigenvalue weighted by molar-refractivity contribution is 5.93. The molecule has 15 heavy (non-hydrogen) atoms. The predicted molar refractivity (Wildman–Crippen MR) is 56.1 cm³/mol. The van der Waals surface area contributed by atoms with Gasteiger partial charge in [-0.15, -0.1) is 0 Å². The number of carbonyl (C=O) groups excluding carboxylic acids is 1. The average Bonchev–Trinajstić information content (AvgIpc) is 2.28. The van der Waals surface area contributed by atoms with Gasteiger partial charge >= 0.3 is 5.97 Å². The summed E-state index contributed by atoms with van der Waals surface area (Å²) in [7, 11) is 1.35. The molecule has 0 atom stereocenters. The van der Waals surface area contributed by atoms with Crippen molar-refractivity contribution in [1.29, 1.82) is 0 Å². The normalized spacial score (nSPS) is 9.80. The first kappa shape index (κ1) is 11.5. The van der Waals surface area contributed by atoms with Crippen molar-refractivity contribution in [3.05, 3.63) is 23.5 Å². The Bertz CT molecular complexity index is 350. The van der Waals surface area contributed by atoms with Gasteiger partial charge in [-0.05, 0) is 19.4 Å². The molecule has 1 rings (SSSR count). The van der Waals surface area contributed by atoms with Gasteiger partial charge in [0.15, 0.2) is 0 Å². The Balaban J connectivity index is 3.20. The third-order valence-corrected chi connectivity index (χ3v) is 2.02. The number of carbonyl (C=O) groups is 1. The van der Waals surface area contributed by atoms with Crippen LogP contribution in [-0.4, -0.2) is 24.7 Å². The molecule has 0 aromatic carbocycles. The molecule has 0 bridgehead atoms. The van der Waals surface area contributed by atoms with E-state index in [1.807, 2.05) is 13.8 Å². The first-order valence-corrected chi connectivity index (χ1v) is 4.93. The molecule has 0 aliphatic heterocycles. The summed E-state index contributed by atoms with van der Waals surface area (Å²) >= 11 is 0. The summed E-state index contributed by atoms with van der Waals surface area (Å²) in [4.78, 5) is 15.7. The zero-order valence-corrected chi connectivity index (χ0v) is 9.24. The molecule has 1 aromatic heterocycles. The van der Waals surface area contributed by atoms with Crippen LogP contribution in [-0.2, 0) is 11.2 Å². The highest BCUT2D eigenvalue weighted by Crippen LogP contribution is 2.22. The van der Waals surface area contributed by atoms with Crippen LogP contribution in [0, 0.1) is 0 Å². The van der Waals surface area contributed by atoms with Gasteiger partial charge in [-0.25, -0.2) is 4.79 Å². The van der Waals surface area contributed by atoms with Crippen LogP contribution in [0.25, 0.3) is 0 Å². The van der Waals surface area contributed by atoms with Crippen LogP contribution in [0.3, 0.4) is 0 Å². The second kappa shape index (κ2) is 5.34. The fourth-order valence-electron chi connectivity index (χ4n) is 1.35. The lowest BCUT2D eigenvalue weighted by atomic mass is 10.1. The fourth-order valence-corrected chi connectivity index (χ4v) is 1.35. The quantitative estimate of drug-likeness (QED) is 0.710. The van der Waals surface area contributed by atoms with Crippen molar-refractivity contribution < 1.29 is 14.3 Å². The lowest BCUT2D eigenvalue weighted by Gasteiger charge is -2.11. The van der Waals surface area contributed by atoms with Gasteiger partial charge in [-0.1, -0.05) is 6.92 Å². The second-order valence-corrected chi connectivity index (χ2v) is 2.91. The summed E-state index contributed by atoms with van der Waals surface area (Å²) in [6.07, 6.45) is 2.31. The Morgan fingerprint density at radius 2 is 2.20 bits per heavy atom. The first-order valence-electron chi connectivity index (χ1n) is 4.93. The van der Waals surface area contributed by atoms with Crippen LogP contribution < -0.4 is 4.74 Å². The van der Waals surface area contributed by atoms with E-state index in [-0.39, 0.29) is 0 Å². The van der Waals surface area contributed by atoms with Crippen molar-refractivity contribution in [1.82, 2.24) is 4.98 Å². The number of aromatic nitrogens is 1. The van der Waals surface area contributed by atoms with Crippen molar-refractivity contribution >= 4 is 5.97 Å². The summed E-state index contributed by atoms with van der Waals surface area (Å²) < 4.78 is 10.1. The van der Waals surface area contributed by atoms with Crippen molar-refractivity contribution in [2.45, 2.75) is 20.3 Å². The molecule has 0 aliphatic carbocycles. The van der Waals surface area contributed by atoms with Crippen molar-refractivity contribution in [3.63, 3.8) is 0 Å². The van der Waals surface area contributed by atoms with Crippen LogP contribution in [0.15, 0.2) is 12.3 Å². The lowest BCUT2D eigenvalue weighted by molar-refractivity contribution is 0.0594. The number of esters is 1. The van der Waals surface area contributed by atoms with Gasteiger partial charge in [-0.3, -0.25) is 4.98 Å². The Labute approximate surface area is 89.2 Å². The van der Waals surface area contributed by atoms with E-state index in [4.69, 9.17) is 9.47 Å². The van der Waals surface area contributed by atoms with Gasteiger partial charge in [-0.2, -0.15) is 0 Å². The molecule has 0 unspecified atom stereocenters. The van der Waals surface area contributed by atoms with Crippen LogP contribution in [0.1, 0.15) is 29.9 Å². The van der Waals surface area contributed by atoms with Gasteiger partial charge < -0.3 is 9.47 Å². The molecule has 4 nitrogen and oxygen atoms in total. The Morgan fingerprint density at radius 3 is 2.73 bits per heavy atom. The highest BCUT2D eigenvalue weighted by Gasteiger charge is 2.17. The fraction of sp³-hybridized carbons (Fsp3) is 0.455. The van der Waals surface area contributed by atoms with E-state index in [0.717, 1.165) is 0 Å². The van der Waals surface area contributed by atoms with Crippen LogP contribution >= 0.6 is 0 Å². The second-order valence-electron chi connectivity index (χ2n) is 2.91. The number of aryl methyl sites for hydroxylation is 1. The maximum absolute atomic E-state index is 11.5. The number of ether oxygens (including phenoxy) is 2. The maximum atomic E-state index is 11.5. The molecule has 0 saturated heterocycles. The molecule has 0 spiro atoms. The minimum Gasteiger partial charge on any atom is -0.493 e. The lowest BCUT2D eigenvalue weighted by Crippen LogP contribution is -2.10. The summed E-state index contributed by atoms with van der Waals surface area (Å²) in [5, 5.41) is 0. The molecule has 4 heteroatoms. The van der Waals surface area contributed by atoms with Crippen molar-refractivity contribution in [2.24, 2.45) is 0 Å². The van der Waals surface area contributed by atoms with E-state index in [9.17, 15) is 4.79 Å². The third-order valence-electron chi connectivity index (χ3n) is 2.02. The summed E-state index contributed by atoms with van der Waals surface area (Å²) in [5.74, 6) is 0.139. The summed E-state index contributed by atoms with van der Waals surface area (Å²) in [5.41, 5.74) is 1.14. The SMILES string of the molecule is CCOc1ccnc(CC)c1C(=O)OC. The molecule has 0 radical (unpaired) electrons. The van der Waals surface area contributed by atoms with E-state index in [1.165, 1.54) is 7.11 Å². The molecule has 0 aliphatic rings. The van der Waals surface area contributed by atoms with Gasteiger partial charge in [0.2, 0.25) is 0 Å². The number of methoxy groups -OCH3 is 1. The first-order chi connectivity index (χ1) is 7.24. The maximum Gasteiger partial charge on any atom is 0.343 e.